The molecule has 1 saturated heterocycles. The summed E-state index contributed by atoms with van der Waals surface area (Å²) in [5, 5.41) is 8.81. The van der Waals surface area contributed by atoms with Gasteiger partial charge >= 0.3 is 0 Å². The Morgan fingerprint density at radius 2 is 1.81 bits per heavy atom. The molecule has 1 aromatic heterocycles. The minimum absolute atomic E-state index is 0.00738. The number of anilines is 3. The van der Waals surface area contributed by atoms with Crippen molar-refractivity contribution in [1.29, 1.82) is 0 Å². The second-order valence-electron chi connectivity index (χ2n) is 8.46. The second kappa shape index (κ2) is 6.98. The molecule has 6 rings (SSSR count). The van der Waals surface area contributed by atoms with Gasteiger partial charge in [0.15, 0.2) is 11.5 Å². The van der Waals surface area contributed by atoms with E-state index in [1.54, 1.807) is 0 Å². The van der Waals surface area contributed by atoms with Gasteiger partial charge in [-0.1, -0.05) is 47.6 Å². The first-order valence-electron chi connectivity index (χ1n) is 10.9. The Hall–Kier alpha value is -3.60. The molecule has 31 heavy (non-hydrogen) atoms. The maximum atomic E-state index is 13.6. The molecule has 1 N–H and O–H groups in total. The van der Waals surface area contributed by atoms with Gasteiger partial charge < -0.3 is 14.7 Å². The van der Waals surface area contributed by atoms with E-state index >= 15 is 0 Å². The van der Waals surface area contributed by atoms with Crippen molar-refractivity contribution < 1.29 is 9.32 Å². The molecule has 2 aliphatic rings. The molecule has 1 fully saturated rings. The lowest BCUT2D eigenvalue weighted by Crippen LogP contribution is -2.37. The predicted octanol–water partition coefficient (Wildman–Crippen LogP) is 6.16. The van der Waals surface area contributed by atoms with Crippen LogP contribution in [0.25, 0.3) is 22.2 Å². The summed E-state index contributed by atoms with van der Waals surface area (Å²) in [6.07, 6.45) is 3.54. The standard InChI is InChI=1S/C26H23N3O2/c1-16-9-7-8-14-29(16)21-15-20(27-17-10-3-2-4-11-17)22-23-24(21)28-31-26(23)19-13-6-5-12-18(19)25(22)30/h2-6,10-13,15-16,27H,7-9,14H2,1H3/t16-/m0/s1. The number of carbonyl (C=O) groups is 1. The third kappa shape index (κ3) is 2.76. The molecular formula is C26H23N3O2. The van der Waals surface area contributed by atoms with E-state index in [0.29, 0.717) is 22.9 Å². The Bertz CT molecular complexity index is 1310. The summed E-state index contributed by atoms with van der Waals surface area (Å²) in [6, 6.07) is 20.1. The van der Waals surface area contributed by atoms with Gasteiger partial charge in [0.2, 0.25) is 0 Å². The average molecular weight is 409 g/mol. The lowest BCUT2D eigenvalue weighted by molar-refractivity contribution is 0.104. The van der Waals surface area contributed by atoms with Gasteiger partial charge in [0.1, 0.15) is 5.52 Å². The zero-order valence-corrected chi connectivity index (χ0v) is 17.4. The van der Waals surface area contributed by atoms with Gasteiger partial charge in [-0.05, 0) is 44.4 Å². The highest BCUT2D eigenvalue weighted by molar-refractivity contribution is 6.28. The SMILES string of the molecule is C[C@H]1CCCCN1c1cc(Nc2ccccc2)c2c3c(onc13)-c1ccccc1C2=O. The zero-order chi connectivity index (χ0) is 20.9. The molecule has 0 amide bonds. The van der Waals surface area contributed by atoms with Crippen LogP contribution in [0.1, 0.15) is 42.1 Å². The molecular weight excluding hydrogens is 386 g/mol. The number of aromatic nitrogens is 1. The summed E-state index contributed by atoms with van der Waals surface area (Å²) in [5.74, 6) is 0.691. The fourth-order valence-electron chi connectivity index (χ4n) is 4.99. The normalized spacial score (nSPS) is 17.6. The van der Waals surface area contributed by atoms with E-state index < -0.39 is 0 Å². The Morgan fingerprint density at radius 1 is 1.03 bits per heavy atom. The van der Waals surface area contributed by atoms with Crippen LogP contribution in [0, 0.1) is 0 Å². The molecule has 0 radical (unpaired) electrons. The molecule has 3 aromatic carbocycles. The molecule has 154 valence electrons. The van der Waals surface area contributed by atoms with Gasteiger partial charge in [-0.25, -0.2) is 0 Å². The monoisotopic (exact) mass is 409 g/mol. The van der Waals surface area contributed by atoms with Gasteiger partial charge in [-0.3, -0.25) is 4.79 Å². The molecule has 5 nitrogen and oxygen atoms in total. The Labute approximate surface area is 180 Å². The summed E-state index contributed by atoms with van der Waals surface area (Å²) < 4.78 is 5.89. The number of nitrogens with one attached hydrogen (secondary N) is 1. The summed E-state index contributed by atoms with van der Waals surface area (Å²) in [5.41, 5.74) is 5.67. The quantitative estimate of drug-likeness (QED) is 0.387. The highest BCUT2D eigenvalue weighted by Crippen LogP contribution is 2.47. The molecule has 5 heteroatoms. The second-order valence-corrected chi connectivity index (χ2v) is 8.46. The fraction of sp³-hybridized carbons (Fsp3) is 0.231. The number of benzene rings is 3. The van der Waals surface area contributed by atoms with Crippen molar-refractivity contribution in [2.24, 2.45) is 0 Å². The molecule has 0 spiro atoms. The number of hydrogen-bond acceptors (Lipinski definition) is 5. The van der Waals surface area contributed by atoms with Crippen molar-refractivity contribution in [3.05, 3.63) is 71.8 Å². The van der Waals surface area contributed by atoms with Crippen LogP contribution in [0.3, 0.4) is 0 Å². The third-order valence-electron chi connectivity index (χ3n) is 6.54. The number of rotatable bonds is 3. The average Bonchev–Trinajstić information content (AvgIpc) is 3.24. The van der Waals surface area contributed by atoms with Gasteiger partial charge in [0.25, 0.3) is 0 Å². The fourth-order valence-corrected chi connectivity index (χ4v) is 4.99. The Morgan fingerprint density at radius 3 is 2.61 bits per heavy atom. The van der Waals surface area contributed by atoms with E-state index in [1.807, 2.05) is 54.6 Å². The highest BCUT2D eigenvalue weighted by Gasteiger charge is 2.34. The molecule has 0 saturated carbocycles. The smallest absolute Gasteiger partial charge is 0.196 e. The van der Waals surface area contributed by atoms with Crippen LogP contribution in [0.5, 0.6) is 0 Å². The minimum Gasteiger partial charge on any atom is -0.367 e. The van der Waals surface area contributed by atoms with Crippen molar-refractivity contribution in [3.8, 4) is 11.3 Å². The van der Waals surface area contributed by atoms with Crippen LogP contribution < -0.4 is 10.2 Å². The van der Waals surface area contributed by atoms with Crippen LogP contribution in [-0.4, -0.2) is 23.5 Å². The molecule has 4 aromatic rings. The van der Waals surface area contributed by atoms with Gasteiger partial charge in [-0.15, -0.1) is 0 Å². The minimum atomic E-state index is 0.00738. The first kappa shape index (κ1) is 18.2. The van der Waals surface area contributed by atoms with Gasteiger partial charge in [0.05, 0.1) is 22.3 Å². The third-order valence-corrected chi connectivity index (χ3v) is 6.54. The Kier molecular flexibility index (Phi) is 4.10. The number of hydrogen-bond donors (Lipinski definition) is 1. The molecule has 2 heterocycles. The van der Waals surface area contributed by atoms with Gasteiger partial charge in [0, 0.05) is 29.4 Å². The summed E-state index contributed by atoms with van der Waals surface area (Å²) >= 11 is 0. The van der Waals surface area contributed by atoms with Crippen LogP contribution in [0.15, 0.2) is 65.2 Å². The number of piperidine rings is 1. The number of carbonyl (C=O) groups excluding carboxylic acids is 1. The number of nitrogens with zero attached hydrogens (tertiary/aromatic N) is 2. The first-order valence-corrected chi connectivity index (χ1v) is 10.9. The van der Waals surface area contributed by atoms with E-state index in [-0.39, 0.29) is 5.78 Å². The first-order chi connectivity index (χ1) is 15.2. The van der Waals surface area contributed by atoms with E-state index in [4.69, 9.17) is 4.52 Å². The number of para-hydroxylation sites is 1. The topological polar surface area (TPSA) is 58.4 Å². The number of fused-ring (bicyclic) bond motifs is 2. The number of ketones is 1. The lowest BCUT2D eigenvalue weighted by Gasteiger charge is -2.36. The van der Waals surface area contributed by atoms with E-state index in [0.717, 1.165) is 52.9 Å². The van der Waals surface area contributed by atoms with E-state index in [9.17, 15) is 4.79 Å². The lowest BCUT2D eigenvalue weighted by atomic mass is 9.86. The summed E-state index contributed by atoms with van der Waals surface area (Å²) in [4.78, 5) is 16.0. The van der Waals surface area contributed by atoms with Crippen LogP contribution in [0.2, 0.25) is 0 Å². The van der Waals surface area contributed by atoms with E-state index in [1.165, 1.54) is 6.42 Å². The van der Waals surface area contributed by atoms with E-state index in [2.05, 4.69) is 28.4 Å². The molecule has 0 bridgehead atoms. The zero-order valence-electron chi connectivity index (χ0n) is 17.4. The van der Waals surface area contributed by atoms with Crippen molar-refractivity contribution in [1.82, 2.24) is 5.16 Å². The maximum absolute atomic E-state index is 13.6. The van der Waals surface area contributed by atoms with Crippen molar-refractivity contribution in [2.45, 2.75) is 32.2 Å². The highest BCUT2D eigenvalue weighted by atomic mass is 16.5. The van der Waals surface area contributed by atoms with Crippen LogP contribution in [0.4, 0.5) is 17.1 Å². The predicted molar refractivity (Wildman–Crippen MR) is 123 cm³/mol. The van der Waals surface area contributed by atoms with Crippen molar-refractivity contribution >= 4 is 33.7 Å². The summed E-state index contributed by atoms with van der Waals surface area (Å²) in [7, 11) is 0. The maximum Gasteiger partial charge on any atom is 0.196 e. The van der Waals surface area contributed by atoms with Crippen molar-refractivity contribution in [3.63, 3.8) is 0 Å². The molecule has 1 aliphatic carbocycles. The molecule has 1 atom stereocenters. The largest absolute Gasteiger partial charge is 0.367 e. The molecule has 0 unspecified atom stereocenters. The summed E-state index contributed by atoms with van der Waals surface area (Å²) in [6.45, 7) is 3.24. The Balaban J connectivity index is 1.64. The van der Waals surface area contributed by atoms with Gasteiger partial charge in [-0.2, -0.15) is 0 Å². The van der Waals surface area contributed by atoms with Crippen LogP contribution in [-0.2, 0) is 0 Å². The molecule has 1 aliphatic heterocycles. The van der Waals surface area contributed by atoms with Crippen LogP contribution >= 0.6 is 0 Å². The van der Waals surface area contributed by atoms with Crippen molar-refractivity contribution in [2.75, 3.05) is 16.8 Å².